The molecule has 9 nitrogen and oxygen atoms in total. The molecule has 0 aromatic carbocycles. The fourth-order valence-corrected chi connectivity index (χ4v) is 0. The van der Waals surface area contributed by atoms with Gasteiger partial charge in [-0.05, 0) is 0 Å². The first kappa shape index (κ1) is 77.2. The molecule has 0 N–H and O–H groups in total. The number of hydrogen-bond donors (Lipinski definition) is 0. The average molecular weight is 485 g/mol. The second-order valence-corrected chi connectivity index (χ2v) is 2.60. The number of rotatable bonds is 0. The summed E-state index contributed by atoms with van der Waals surface area (Å²) in [5.41, 5.74) is 0. The quantitative estimate of drug-likeness (QED) is 0.298. The van der Waals surface area contributed by atoms with E-state index >= 15 is 0 Å². The first-order valence-corrected chi connectivity index (χ1v) is 8.96. The van der Waals surface area contributed by atoms with Crippen molar-refractivity contribution in [2.45, 2.75) is 62.3 Å². The molecule has 0 aliphatic carbocycles. The Morgan fingerprint density at radius 2 is 0.300 bits per heavy atom. The van der Waals surface area contributed by atoms with E-state index in [1.165, 1.54) is 0 Å². The maximum absolute atomic E-state index is 8.93. The van der Waals surface area contributed by atoms with Crippen LogP contribution in [0, 0.1) is 0 Å². The van der Waals surface area contributed by atoms with Crippen LogP contribution in [0.3, 0.4) is 0 Å². The van der Waals surface area contributed by atoms with Gasteiger partial charge in [0, 0.05) is 0 Å². The van der Waals surface area contributed by atoms with Gasteiger partial charge in [0.15, 0.2) is 0 Å². The van der Waals surface area contributed by atoms with E-state index in [1.54, 1.807) is 62.3 Å². The molecular formula is C18H45AlMgO9Si. The molecule has 0 atom stereocenters. The van der Waals surface area contributed by atoms with Gasteiger partial charge < -0.3 is 46.0 Å². The first-order chi connectivity index (χ1) is 12.7. The maximum atomic E-state index is 8.93. The molecule has 12 heteroatoms. The van der Waals surface area contributed by atoms with Crippen molar-refractivity contribution in [2.24, 2.45) is 0 Å². The molecule has 0 aliphatic rings. The average Bonchev–Trinajstić information content (AvgIpc) is 2.53. The zero-order chi connectivity index (χ0) is 24.4. The molecule has 30 heavy (non-hydrogen) atoms. The van der Waals surface area contributed by atoms with E-state index in [0.717, 1.165) is 0 Å². The topological polar surface area (TPSA) is 208 Å². The Morgan fingerprint density at radius 3 is 0.300 bits per heavy atom. The molecule has 0 amide bonds. The molecule has 0 aliphatic heterocycles. The summed E-state index contributed by atoms with van der Waals surface area (Å²) in [5, 5.41) is 80.4. The zero-order valence-corrected chi connectivity index (χ0v) is 24.4. The van der Waals surface area contributed by atoms with E-state index in [-0.39, 0.29) is 111 Å². The van der Waals surface area contributed by atoms with E-state index in [4.69, 9.17) is 46.0 Å². The Hall–Kier alpha value is 1.16. The monoisotopic (exact) mass is 484 g/mol. The van der Waals surface area contributed by atoms with E-state index in [2.05, 4.69) is 0 Å². The number of hydrogen-bond acceptors (Lipinski definition) is 9. The predicted octanol–water partition coefficient (Wildman–Crippen LogP) is -6.84. The summed E-state index contributed by atoms with van der Waals surface area (Å²) < 4.78 is 0. The van der Waals surface area contributed by atoms with E-state index in [1.807, 2.05) is 0 Å². The fourth-order valence-electron chi connectivity index (χ4n) is 0. The van der Waals surface area contributed by atoms with Gasteiger partial charge in [-0.25, -0.2) is 0 Å². The smallest absolute Gasteiger partial charge is 0.855 e. The molecule has 0 fully saturated rings. The van der Waals surface area contributed by atoms with Crippen molar-refractivity contribution in [1.82, 2.24) is 0 Å². The molecule has 0 unspecified atom stereocenters. The normalized spacial score (nSPS) is 5.40. The third-order valence-corrected chi connectivity index (χ3v) is 0. The Morgan fingerprint density at radius 1 is 0.300 bits per heavy atom. The second-order valence-electron chi connectivity index (χ2n) is 2.60. The first-order valence-electron chi connectivity index (χ1n) is 8.96. The Kier molecular flexibility index (Phi) is 640. The van der Waals surface area contributed by atoms with Crippen LogP contribution >= 0.6 is 0 Å². The van der Waals surface area contributed by atoms with Crippen LogP contribution in [-0.2, 0) is 0 Å². The summed E-state index contributed by atoms with van der Waals surface area (Å²) in [4.78, 5) is 0. The van der Waals surface area contributed by atoms with Gasteiger partial charge in [-0.1, -0.05) is 62.3 Å². The molecule has 0 bridgehead atoms. The van der Waals surface area contributed by atoms with E-state index in [0.29, 0.717) is 0 Å². The van der Waals surface area contributed by atoms with Crippen molar-refractivity contribution in [3.63, 3.8) is 0 Å². The SMILES string of the molecule is CC[O-].CC[O-].CC[O-].CC[O-].CC[O-].CC[O-].CC[O-].CC[O-].CC[O-].[Al+3].[Mg+2].[Si+4]. The van der Waals surface area contributed by atoms with Crippen LogP contribution in [0.2, 0.25) is 0 Å². The summed E-state index contributed by atoms with van der Waals surface area (Å²) in [5.74, 6) is 0. The van der Waals surface area contributed by atoms with Crippen LogP contribution in [0.4, 0.5) is 0 Å². The van der Waals surface area contributed by atoms with Crippen molar-refractivity contribution in [3.05, 3.63) is 0 Å². The minimum atomic E-state index is 0. The van der Waals surface area contributed by atoms with Crippen molar-refractivity contribution in [1.29, 1.82) is 0 Å². The van der Waals surface area contributed by atoms with Gasteiger partial charge in [-0.15, -0.1) is 59.5 Å². The third kappa shape index (κ3) is 17300. The van der Waals surface area contributed by atoms with Crippen molar-refractivity contribution in [3.8, 4) is 0 Å². The van der Waals surface area contributed by atoms with E-state index < -0.39 is 0 Å². The predicted molar refractivity (Wildman–Crippen MR) is 112 cm³/mol. The van der Waals surface area contributed by atoms with Crippen LogP contribution in [0.25, 0.3) is 0 Å². The van der Waals surface area contributed by atoms with Gasteiger partial charge >= 0.3 is 51.4 Å². The largest absolute Gasteiger partial charge is 4.00 e. The summed E-state index contributed by atoms with van der Waals surface area (Å²) in [6.45, 7) is 14.1. The Labute approximate surface area is 218 Å². The fraction of sp³-hybridized carbons (Fsp3) is 1.00. The van der Waals surface area contributed by atoms with Crippen LogP contribution in [0.1, 0.15) is 62.3 Å². The van der Waals surface area contributed by atoms with E-state index in [9.17, 15) is 0 Å². The van der Waals surface area contributed by atoms with Crippen LogP contribution in [0.15, 0.2) is 0 Å². The zero-order valence-electron chi connectivity index (χ0n) is 20.8. The van der Waals surface area contributed by atoms with Gasteiger partial charge in [-0.2, -0.15) is 0 Å². The molecule has 0 rings (SSSR count). The molecule has 0 saturated carbocycles. The standard InChI is InChI=1S/9C2H5O.Al.Mg.Si/c9*1-2-3;;;/h9*2H2,1H3;;;/q9*-1;+3;+2;+4. The van der Waals surface area contributed by atoms with Gasteiger partial charge in [0.1, 0.15) is 0 Å². The van der Waals surface area contributed by atoms with Crippen LogP contribution in [-0.4, -0.2) is 111 Å². The molecule has 0 heterocycles. The summed E-state index contributed by atoms with van der Waals surface area (Å²) in [7, 11) is 0. The van der Waals surface area contributed by atoms with Crippen molar-refractivity contribution >= 4 is 51.4 Å². The molecule has 0 radical (unpaired) electrons. The van der Waals surface area contributed by atoms with Gasteiger partial charge in [0.2, 0.25) is 0 Å². The minimum Gasteiger partial charge on any atom is -0.855 e. The Balaban J connectivity index is -0.0000000120. The summed E-state index contributed by atoms with van der Waals surface area (Å²) in [6.07, 6.45) is 0. The maximum Gasteiger partial charge on any atom is 4.00 e. The second kappa shape index (κ2) is 249. The van der Waals surface area contributed by atoms with Crippen LogP contribution in [0.5, 0.6) is 0 Å². The molecule has 0 aromatic rings. The molecule has 0 saturated heterocycles. The molecule has 0 aromatic heterocycles. The Bertz CT molecular complexity index is 72.1. The van der Waals surface area contributed by atoms with Gasteiger partial charge in [0.25, 0.3) is 0 Å². The van der Waals surface area contributed by atoms with Crippen molar-refractivity contribution < 1.29 is 46.0 Å². The summed E-state index contributed by atoms with van der Waals surface area (Å²) >= 11 is 0. The summed E-state index contributed by atoms with van der Waals surface area (Å²) in [6, 6.07) is 0. The van der Waals surface area contributed by atoms with Gasteiger partial charge in [-0.3, -0.25) is 0 Å². The van der Waals surface area contributed by atoms with Crippen molar-refractivity contribution in [2.75, 3.05) is 59.5 Å². The molecule has 180 valence electrons. The third-order valence-electron chi connectivity index (χ3n) is 0. The molecular weight excluding hydrogens is 440 g/mol. The minimum absolute atomic E-state index is 0. The van der Waals surface area contributed by atoms with Crippen LogP contribution < -0.4 is 46.0 Å². The molecule has 0 spiro atoms. The van der Waals surface area contributed by atoms with Gasteiger partial charge in [0.05, 0.1) is 0 Å².